The van der Waals surface area contributed by atoms with Gasteiger partial charge < -0.3 is 41.5 Å². The molecule has 2 aromatic carbocycles. The van der Waals surface area contributed by atoms with Crippen LogP contribution in [0.3, 0.4) is 0 Å². The fourth-order valence-corrected chi connectivity index (χ4v) is 4.10. The van der Waals surface area contributed by atoms with Gasteiger partial charge in [-0.2, -0.15) is 43.2 Å². The molecule has 0 atom stereocenters. The Bertz CT molecular complexity index is 1520. The molecule has 0 aliphatic carbocycles. The molecule has 0 fully saturated rings. The number of nitrogens with one attached hydrogen (secondary N) is 2. The van der Waals surface area contributed by atoms with Crippen molar-refractivity contribution in [2.24, 2.45) is 0 Å². The summed E-state index contributed by atoms with van der Waals surface area (Å²) in [6.07, 6.45) is 0. The molecular weight excluding hydrogens is 726 g/mol. The van der Waals surface area contributed by atoms with Crippen LogP contribution in [-0.2, 0) is 43.9 Å². The molecule has 0 aromatic heterocycles. The van der Waals surface area contributed by atoms with Crippen LogP contribution in [0, 0.1) is 10.8 Å². The number of hydrogen-bond donors (Lipinski definition) is 2. The summed E-state index contributed by atoms with van der Waals surface area (Å²) in [5.74, 6) is -5.32. The lowest BCUT2D eigenvalue weighted by atomic mass is 10.1. The first kappa shape index (κ1) is 41.3. The minimum absolute atomic E-state index is 0.0152. The first-order valence-corrected chi connectivity index (χ1v) is 16.2. The summed E-state index contributed by atoms with van der Waals surface area (Å²) in [5.41, 5.74) is -13.4. The van der Waals surface area contributed by atoms with Crippen molar-refractivity contribution in [1.82, 2.24) is 0 Å². The molecule has 0 heterocycles. The third-order valence-electron chi connectivity index (χ3n) is 5.42. The summed E-state index contributed by atoms with van der Waals surface area (Å²) in [5, 5.41) is 16.4. The van der Waals surface area contributed by atoms with Crippen LogP contribution >= 0.6 is 0 Å². The maximum Gasteiger partial charge on any atom is 0.534 e. The normalized spacial score (nSPS) is 12.3. The number of halogens is 6. The van der Waals surface area contributed by atoms with Crippen LogP contribution in [0.15, 0.2) is 36.4 Å². The Hall–Kier alpha value is -3.90. The Balaban J connectivity index is 2.38. The van der Waals surface area contributed by atoms with Crippen LogP contribution in [0.25, 0.3) is 0 Å². The quantitative estimate of drug-likeness (QED) is 0.0497. The second-order valence-electron chi connectivity index (χ2n) is 8.95. The zero-order chi connectivity index (χ0) is 36.9. The first-order valence-electron chi connectivity index (χ1n) is 13.4. The van der Waals surface area contributed by atoms with Crippen LogP contribution in [0.5, 0.6) is 23.0 Å². The smallest absolute Gasteiger partial charge is 0.491 e. The van der Waals surface area contributed by atoms with Gasteiger partial charge in [-0.1, -0.05) is 0 Å². The van der Waals surface area contributed by atoms with E-state index in [1.807, 2.05) is 0 Å². The van der Waals surface area contributed by atoms with Gasteiger partial charge in [0.25, 0.3) is 0 Å². The van der Waals surface area contributed by atoms with Crippen LogP contribution in [-0.4, -0.2) is 107 Å². The zero-order valence-electron chi connectivity index (χ0n) is 25.5. The first-order chi connectivity index (χ1) is 22.8. The standard InChI is InChI=1S/C26H30F6N2O13S2/c1-39-7-9-41-11-13-43-17-3-5-19(21(15-17)46-48(35,36)25(27,28)29)23(33)45-24(34)20-6-4-18(44-14-12-42-10-8-40-2)16-22(20)47-49(37,38)26(30,31)32/h3-6,15-16,33-34H,7-14H2,1-2H3. The van der Waals surface area contributed by atoms with E-state index in [0.717, 1.165) is 24.3 Å². The number of ether oxygens (including phenoxy) is 7. The molecule has 2 rings (SSSR count). The minimum Gasteiger partial charge on any atom is -0.491 e. The Morgan fingerprint density at radius 1 is 0.592 bits per heavy atom. The third kappa shape index (κ3) is 12.8. The van der Waals surface area contributed by atoms with Gasteiger partial charge in [-0.15, -0.1) is 0 Å². The van der Waals surface area contributed by atoms with Crippen LogP contribution in [0.1, 0.15) is 11.1 Å². The minimum atomic E-state index is -6.32. The average Bonchev–Trinajstić information content (AvgIpc) is 2.99. The number of hydrogen-bond acceptors (Lipinski definition) is 15. The van der Waals surface area contributed by atoms with Crippen LogP contribution in [0.4, 0.5) is 26.3 Å². The maximum atomic E-state index is 13.1. The number of rotatable bonds is 20. The van der Waals surface area contributed by atoms with E-state index in [1.54, 1.807) is 0 Å². The summed E-state index contributed by atoms with van der Waals surface area (Å²) < 4.78 is 170. The van der Waals surface area contributed by atoms with E-state index in [-0.39, 0.29) is 64.4 Å². The molecule has 15 nitrogen and oxygen atoms in total. The molecule has 0 saturated heterocycles. The molecule has 0 aliphatic heterocycles. The summed E-state index contributed by atoms with van der Waals surface area (Å²) in [4.78, 5) is 0. The van der Waals surface area contributed by atoms with Crippen LogP contribution in [0.2, 0.25) is 0 Å². The van der Waals surface area contributed by atoms with E-state index in [9.17, 15) is 43.2 Å². The largest absolute Gasteiger partial charge is 0.534 e. The van der Waals surface area contributed by atoms with Crippen molar-refractivity contribution in [3.05, 3.63) is 47.5 Å². The van der Waals surface area contributed by atoms with Gasteiger partial charge in [-0.05, 0) is 24.3 Å². The molecule has 0 bridgehead atoms. The highest BCUT2D eigenvalue weighted by molar-refractivity contribution is 7.88. The summed E-state index contributed by atoms with van der Waals surface area (Å²) in [7, 11) is -9.78. The highest BCUT2D eigenvalue weighted by atomic mass is 32.2. The number of benzene rings is 2. The van der Waals surface area contributed by atoms with Crippen molar-refractivity contribution in [3.63, 3.8) is 0 Å². The van der Waals surface area contributed by atoms with Gasteiger partial charge in [0.2, 0.25) is 11.8 Å². The second-order valence-corrected chi connectivity index (χ2v) is 12.0. The molecule has 49 heavy (non-hydrogen) atoms. The van der Waals surface area contributed by atoms with Gasteiger partial charge in [-0.3, -0.25) is 10.8 Å². The lowest BCUT2D eigenvalue weighted by Gasteiger charge is -2.17. The van der Waals surface area contributed by atoms with E-state index < -0.39 is 65.7 Å². The Kier molecular flexibility index (Phi) is 15.3. The van der Waals surface area contributed by atoms with Crippen molar-refractivity contribution in [2.75, 3.05) is 67.1 Å². The van der Waals surface area contributed by atoms with Crippen molar-refractivity contribution in [3.8, 4) is 23.0 Å². The van der Waals surface area contributed by atoms with Crippen molar-refractivity contribution < 1.29 is 84.7 Å². The molecule has 0 amide bonds. The predicted octanol–water partition coefficient (Wildman–Crippen LogP) is 3.59. The lowest BCUT2D eigenvalue weighted by Crippen LogP contribution is -2.29. The fraction of sp³-hybridized carbons (Fsp3) is 0.462. The molecule has 23 heteroatoms. The molecular formula is C26H30F6N2O13S2. The number of alkyl halides is 6. The van der Waals surface area contributed by atoms with Gasteiger partial charge in [0.15, 0.2) is 11.5 Å². The summed E-state index contributed by atoms with van der Waals surface area (Å²) in [6.45, 7) is 0.520. The molecule has 0 saturated carbocycles. The highest BCUT2D eigenvalue weighted by Crippen LogP contribution is 2.34. The van der Waals surface area contributed by atoms with Crippen molar-refractivity contribution in [2.45, 2.75) is 11.0 Å². The maximum absolute atomic E-state index is 13.1. The molecule has 0 radical (unpaired) electrons. The fourth-order valence-electron chi connectivity index (χ4n) is 3.17. The van der Waals surface area contributed by atoms with Gasteiger partial charge in [-0.25, -0.2) is 0 Å². The van der Waals surface area contributed by atoms with Gasteiger partial charge in [0.1, 0.15) is 24.7 Å². The predicted molar refractivity (Wildman–Crippen MR) is 155 cm³/mol. The third-order valence-corrected chi connectivity index (χ3v) is 7.35. The SMILES string of the molecule is COCCOCCOc1ccc(C(=N)OC(=N)c2ccc(OCCOCCOC)cc2OS(=O)(=O)C(F)(F)F)c(OS(=O)(=O)C(F)(F)F)c1. The highest BCUT2D eigenvalue weighted by Gasteiger charge is 2.50. The Morgan fingerprint density at radius 2 is 0.939 bits per heavy atom. The topological polar surface area (TPSA) is 199 Å². The molecule has 2 aromatic rings. The molecule has 0 unspecified atom stereocenters. The Morgan fingerprint density at radius 3 is 1.27 bits per heavy atom. The second kappa shape index (κ2) is 18.2. The molecule has 2 N–H and O–H groups in total. The van der Waals surface area contributed by atoms with E-state index in [1.165, 1.54) is 14.2 Å². The number of methoxy groups -OCH3 is 2. The van der Waals surface area contributed by atoms with Gasteiger partial charge in [0, 0.05) is 26.4 Å². The van der Waals surface area contributed by atoms with Crippen molar-refractivity contribution in [1.29, 1.82) is 10.8 Å². The molecule has 0 spiro atoms. The van der Waals surface area contributed by atoms with E-state index >= 15 is 0 Å². The van der Waals surface area contributed by atoms with E-state index in [0.29, 0.717) is 12.1 Å². The average molecular weight is 757 g/mol. The Labute approximate surface area is 276 Å². The molecule has 0 aliphatic rings. The monoisotopic (exact) mass is 756 g/mol. The van der Waals surface area contributed by atoms with Crippen molar-refractivity contribution >= 4 is 32.0 Å². The van der Waals surface area contributed by atoms with Crippen LogP contribution < -0.4 is 17.8 Å². The summed E-state index contributed by atoms with van der Waals surface area (Å²) >= 11 is 0. The van der Waals surface area contributed by atoms with Gasteiger partial charge >= 0.3 is 31.3 Å². The van der Waals surface area contributed by atoms with Gasteiger partial charge in [0.05, 0.1) is 50.8 Å². The lowest BCUT2D eigenvalue weighted by molar-refractivity contribution is -0.0505. The van der Waals surface area contributed by atoms with E-state index in [4.69, 9.17) is 44.0 Å². The summed E-state index contributed by atoms with van der Waals surface area (Å²) in [6, 6.07) is 5.10. The zero-order valence-corrected chi connectivity index (χ0v) is 27.1. The molecule has 276 valence electrons. The van der Waals surface area contributed by atoms with E-state index in [2.05, 4.69) is 8.37 Å².